The molecular weight excluding hydrogens is 863 g/mol. The SMILES string of the molecule is CC(C)(C)C(=O)Nc1ccc(CO[C@H]2[C@H](OCc3ccc(NC(=O)C(C)(C)C)cc3)[C@@H](NC(=O)OCc3ccccc3)C(=O)O[C@@H]2CO[Si](c2ccccc2)(c2ccccc2)C(C)(C)C)cc1. The first kappa shape index (κ1) is 50.3. The third-order valence-electron chi connectivity index (χ3n) is 11.6. The number of amides is 3. The van der Waals surface area contributed by atoms with E-state index in [-0.39, 0.29) is 38.2 Å². The number of benzene rings is 5. The molecule has 3 amide bonds. The molecule has 12 nitrogen and oxygen atoms in total. The van der Waals surface area contributed by atoms with Crippen LogP contribution in [0, 0.1) is 10.8 Å². The van der Waals surface area contributed by atoms with Gasteiger partial charge in [0.1, 0.15) is 18.8 Å². The monoisotopic (exact) mass is 927 g/mol. The van der Waals surface area contributed by atoms with Gasteiger partial charge in [0.2, 0.25) is 11.8 Å². The molecule has 354 valence electrons. The van der Waals surface area contributed by atoms with Crippen molar-refractivity contribution in [3.8, 4) is 0 Å². The third kappa shape index (κ3) is 13.1. The lowest BCUT2D eigenvalue weighted by Gasteiger charge is -2.46. The van der Waals surface area contributed by atoms with Gasteiger partial charge in [0, 0.05) is 22.2 Å². The fraction of sp³-hybridized carbons (Fsp3) is 0.370. The number of esters is 1. The van der Waals surface area contributed by atoms with E-state index in [1.165, 1.54) is 0 Å². The summed E-state index contributed by atoms with van der Waals surface area (Å²) in [5, 5.41) is 10.3. The smallest absolute Gasteiger partial charge is 0.408 e. The molecule has 0 aromatic heterocycles. The molecule has 0 bridgehead atoms. The van der Waals surface area contributed by atoms with Crippen LogP contribution in [0.15, 0.2) is 140 Å². The van der Waals surface area contributed by atoms with E-state index < -0.39 is 60.6 Å². The van der Waals surface area contributed by atoms with Crippen molar-refractivity contribution < 1.29 is 42.6 Å². The highest BCUT2D eigenvalue weighted by molar-refractivity contribution is 6.99. The van der Waals surface area contributed by atoms with E-state index in [0.29, 0.717) is 11.4 Å². The first-order valence-electron chi connectivity index (χ1n) is 22.7. The molecule has 5 aromatic carbocycles. The standard InChI is InChI=1S/C54H65N3O9Si/c1-52(2,3)49(59)55-40-29-25-38(26-30-40)33-62-46-44(36-65-67(54(7,8)9,42-21-15-11-16-22-42)43-23-17-12-18-24-43)66-48(58)45(57-51(61)64-35-37-19-13-10-14-20-37)47(46)63-34-39-27-31-41(32-28-39)56-50(60)53(4,5)6/h10-32,44-47H,33-36H2,1-9H3,(H,55,59)(H,56,60)(H,57,61)/t44-,45-,46-,47-/m1/s1. The molecule has 1 fully saturated rings. The van der Waals surface area contributed by atoms with Crippen LogP contribution in [0.4, 0.5) is 16.2 Å². The average molecular weight is 928 g/mol. The number of alkyl carbamates (subject to hydrolysis) is 1. The summed E-state index contributed by atoms with van der Waals surface area (Å²) in [6.07, 6.45) is -3.94. The van der Waals surface area contributed by atoms with E-state index >= 15 is 0 Å². The topological polar surface area (TPSA) is 151 Å². The van der Waals surface area contributed by atoms with Gasteiger partial charge in [-0.2, -0.15) is 0 Å². The number of nitrogens with one attached hydrogen (secondary N) is 3. The largest absolute Gasteiger partial charge is 0.455 e. The van der Waals surface area contributed by atoms with Crippen LogP contribution in [0.5, 0.6) is 0 Å². The van der Waals surface area contributed by atoms with Crippen molar-refractivity contribution in [2.45, 2.75) is 112 Å². The zero-order valence-electron chi connectivity index (χ0n) is 40.1. The quantitative estimate of drug-likeness (QED) is 0.0651. The van der Waals surface area contributed by atoms with Crippen molar-refractivity contribution in [1.29, 1.82) is 0 Å². The number of hydrogen-bond acceptors (Lipinski definition) is 9. The predicted octanol–water partition coefficient (Wildman–Crippen LogP) is 8.92. The second-order valence-corrected chi connectivity index (χ2v) is 24.3. The molecule has 67 heavy (non-hydrogen) atoms. The zero-order chi connectivity index (χ0) is 48.4. The normalized spacial score (nSPS) is 17.8. The predicted molar refractivity (Wildman–Crippen MR) is 263 cm³/mol. The van der Waals surface area contributed by atoms with E-state index in [2.05, 4.69) is 61.0 Å². The number of anilines is 2. The Morgan fingerprint density at radius 1 is 0.552 bits per heavy atom. The van der Waals surface area contributed by atoms with Crippen molar-refractivity contribution in [3.05, 3.63) is 156 Å². The van der Waals surface area contributed by atoms with Crippen molar-refractivity contribution in [2.75, 3.05) is 17.2 Å². The summed E-state index contributed by atoms with van der Waals surface area (Å²) in [7, 11) is -3.16. The van der Waals surface area contributed by atoms with E-state index in [4.69, 9.17) is 23.4 Å². The Hall–Kier alpha value is -6.12. The highest BCUT2D eigenvalue weighted by atomic mass is 28.4. The Morgan fingerprint density at radius 2 is 0.970 bits per heavy atom. The van der Waals surface area contributed by atoms with Gasteiger partial charge in [-0.15, -0.1) is 0 Å². The summed E-state index contributed by atoms with van der Waals surface area (Å²) in [5.74, 6) is -0.980. The van der Waals surface area contributed by atoms with Gasteiger partial charge in [0.25, 0.3) is 8.32 Å². The van der Waals surface area contributed by atoms with Gasteiger partial charge >= 0.3 is 12.1 Å². The zero-order valence-corrected chi connectivity index (χ0v) is 41.1. The lowest BCUT2D eigenvalue weighted by molar-refractivity contribution is -0.208. The Morgan fingerprint density at radius 3 is 1.40 bits per heavy atom. The first-order chi connectivity index (χ1) is 31.7. The number of carbonyl (C=O) groups is 4. The molecule has 5 aromatic rings. The molecule has 0 saturated carbocycles. The van der Waals surface area contributed by atoms with Crippen LogP contribution in [0.2, 0.25) is 5.04 Å². The van der Waals surface area contributed by atoms with Crippen molar-refractivity contribution >= 4 is 53.9 Å². The summed E-state index contributed by atoms with van der Waals surface area (Å²) in [5.41, 5.74) is 2.37. The number of hydrogen-bond donors (Lipinski definition) is 3. The van der Waals surface area contributed by atoms with Crippen LogP contribution < -0.4 is 26.3 Å². The number of ether oxygens (including phenoxy) is 4. The Balaban J connectivity index is 1.35. The minimum atomic E-state index is -3.16. The number of rotatable bonds is 16. The van der Waals surface area contributed by atoms with Gasteiger partial charge in [-0.25, -0.2) is 9.59 Å². The maximum absolute atomic E-state index is 14.4. The molecule has 0 radical (unpaired) electrons. The van der Waals surface area contributed by atoms with Crippen molar-refractivity contribution in [2.24, 2.45) is 10.8 Å². The van der Waals surface area contributed by atoms with E-state index in [1.54, 1.807) is 12.1 Å². The van der Waals surface area contributed by atoms with Crippen LogP contribution >= 0.6 is 0 Å². The highest BCUT2D eigenvalue weighted by Crippen LogP contribution is 2.38. The molecule has 0 spiro atoms. The number of cyclic esters (lactones) is 1. The Bertz CT molecular complexity index is 2370. The van der Waals surface area contributed by atoms with Gasteiger partial charge in [-0.05, 0) is 56.4 Å². The Kier molecular flexibility index (Phi) is 16.3. The minimum absolute atomic E-state index is 0.00695. The number of carbonyl (C=O) groups excluding carboxylic acids is 4. The fourth-order valence-corrected chi connectivity index (χ4v) is 12.3. The molecule has 1 aliphatic heterocycles. The molecule has 1 saturated heterocycles. The van der Waals surface area contributed by atoms with Gasteiger partial charge in [0.05, 0.1) is 19.8 Å². The van der Waals surface area contributed by atoms with Gasteiger partial charge < -0.3 is 39.3 Å². The maximum atomic E-state index is 14.4. The van der Waals surface area contributed by atoms with Crippen LogP contribution in [-0.2, 0) is 57.6 Å². The summed E-state index contributed by atoms with van der Waals surface area (Å²) >= 11 is 0. The van der Waals surface area contributed by atoms with Crippen molar-refractivity contribution in [1.82, 2.24) is 5.32 Å². The molecule has 6 rings (SSSR count). The summed E-state index contributed by atoms with van der Waals surface area (Å²) < 4.78 is 32.8. The van der Waals surface area contributed by atoms with Crippen LogP contribution in [0.1, 0.15) is 79.0 Å². The summed E-state index contributed by atoms with van der Waals surface area (Å²) in [4.78, 5) is 53.4. The van der Waals surface area contributed by atoms with Gasteiger partial charge in [0.15, 0.2) is 12.1 Å². The molecular formula is C54H65N3O9Si. The molecule has 4 atom stereocenters. The van der Waals surface area contributed by atoms with Gasteiger partial charge in [-0.1, -0.05) is 178 Å². The van der Waals surface area contributed by atoms with Crippen LogP contribution in [0.25, 0.3) is 0 Å². The van der Waals surface area contributed by atoms with Crippen LogP contribution in [0.3, 0.4) is 0 Å². The van der Waals surface area contributed by atoms with E-state index in [1.807, 2.05) is 145 Å². The highest BCUT2D eigenvalue weighted by Gasteiger charge is 2.53. The maximum Gasteiger partial charge on any atom is 0.408 e. The molecule has 13 heteroatoms. The Labute approximate surface area is 396 Å². The molecule has 0 unspecified atom stereocenters. The molecule has 1 heterocycles. The van der Waals surface area contributed by atoms with E-state index in [9.17, 15) is 19.2 Å². The van der Waals surface area contributed by atoms with Crippen LogP contribution in [-0.4, -0.2) is 63.2 Å². The summed E-state index contributed by atoms with van der Waals surface area (Å²) in [6, 6.07) is 42.7. The lowest BCUT2D eigenvalue weighted by atomic mass is 9.95. The third-order valence-corrected chi connectivity index (χ3v) is 16.6. The molecule has 3 N–H and O–H groups in total. The second kappa shape index (κ2) is 21.7. The molecule has 0 aliphatic carbocycles. The minimum Gasteiger partial charge on any atom is -0.455 e. The van der Waals surface area contributed by atoms with E-state index in [0.717, 1.165) is 27.1 Å². The molecule has 1 aliphatic rings. The van der Waals surface area contributed by atoms with Gasteiger partial charge in [-0.3, -0.25) is 9.59 Å². The summed E-state index contributed by atoms with van der Waals surface area (Å²) in [6.45, 7) is 17.5. The second-order valence-electron chi connectivity index (χ2n) is 20.0. The first-order valence-corrected chi connectivity index (χ1v) is 24.6. The average Bonchev–Trinajstić information content (AvgIpc) is 3.29. The fourth-order valence-electron chi connectivity index (χ4n) is 7.74. The lowest BCUT2D eigenvalue weighted by Crippen LogP contribution is -2.69. The van der Waals surface area contributed by atoms with Crippen molar-refractivity contribution in [3.63, 3.8) is 0 Å².